The summed E-state index contributed by atoms with van der Waals surface area (Å²) in [6, 6.07) is 7.03. The predicted octanol–water partition coefficient (Wildman–Crippen LogP) is 4.87. The van der Waals surface area contributed by atoms with E-state index in [0.29, 0.717) is 23.1 Å². The van der Waals surface area contributed by atoms with Crippen LogP contribution in [0.4, 0.5) is 10.1 Å². The molecular formula is C20H24N4O3S2. The van der Waals surface area contributed by atoms with Crippen molar-refractivity contribution < 1.29 is 9.72 Å². The third-order valence-electron chi connectivity index (χ3n) is 4.80. The molecule has 0 spiro atoms. The molecular weight excluding hydrogens is 408 g/mol. The highest BCUT2D eigenvalue weighted by molar-refractivity contribution is 7.22. The molecule has 0 unspecified atom stereocenters. The van der Waals surface area contributed by atoms with Crippen molar-refractivity contribution in [1.29, 1.82) is 0 Å². The number of hydrogen-bond donors (Lipinski definition) is 0. The molecule has 0 saturated heterocycles. The van der Waals surface area contributed by atoms with Crippen LogP contribution in [0.15, 0.2) is 24.3 Å². The molecule has 0 aliphatic rings. The van der Waals surface area contributed by atoms with Crippen molar-refractivity contribution in [2.45, 2.75) is 27.7 Å². The molecule has 0 aliphatic heterocycles. The molecule has 0 atom stereocenters. The Morgan fingerprint density at radius 3 is 2.48 bits per heavy atom. The van der Waals surface area contributed by atoms with Gasteiger partial charge in [0.2, 0.25) is 0 Å². The van der Waals surface area contributed by atoms with Crippen LogP contribution in [-0.4, -0.2) is 46.9 Å². The molecule has 3 aromatic rings. The van der Waals surface area contributed by atoms with Gasteiger partial charge in [-0.2, -0.15) is 0 Å². The quantitative estimate of drug-likeness (QED) is 0.375. The lowest BCUT2D eigenvalue weighted by atomic mass is 10.1. The average Bonchev–Trinajstić information content (AvgIpc) is 3.32. The molecule has 2 aromatic heterocycles. The Hall–Kier alpha value is -2.36. The van der Waals surface area contributed by atoms with Gasteiger partial charge < -0.3 is 4.90 Å². The van der Waals surface area contributed by atoms with E-state index in [9.17, 15) is 14.9 Å². The summed E-state index contributed by atoms with van der Waals surface area (Å²) >= 11 is 2.39. The van der Waals surface area contributed by atoms with Crippen LogP contribution in [0.5, 0.6) is 0 Å². The van der Waals surface area contributed by atoms with Gasteiger partial charge in [0.15, 0.2) is 5.13 Å². The maximum Gasteiger partial charge on any atom is 0.324 e. The molecule has 0 saturated carbocycles. The summed E-state index contributed by atoms with van der Waals surface area (Å²) in [7, 11) is 0. The summed E-state index contributed by atoms with van der Waals surface area (Å²) in [6.45, 7) is 11.2. The van der Waals surface area contributed by atoms with E-state index < -0.39 is 4.92 Å². The Morgan fingerprint density at radius 2 is 1.86 bits per heavy atom. The lowest BCUT2D eigenvalue weighted by Crippen LogP contribution is -2.38. The van der Waals surface area contributed by atoms with Gasteiger partial charge in [0.1, 0.15) is 0 Å². The maximum atomic E-state index is 13.3. The van der Waals surface area contributed by atoms with Crippen molar-refractivity contribution in [3.05, 3.63) is 50.4 Å². The van der Waals surface area contributed by atoms with Gasteiger partial charge in [-0.05, 0) is 50.2 Å². The van der Waals surface area contributed by atoms with Gasteiger partial charge >= 0.3 is 5.00 Å². The number of fused-ring (bicyclic) bond motifs is 1. The number of carbonyl (C=O) groups is 1. The van der Waals surface area contributed by atoms with E-state index >= 15 is 0 Å². The number of thiazole rings is 1. The van der Waals surface area contributed by atoms with Crippen LogP contribution in [0.25, 0.3) is 10.2 Å². The molecule has 7 nitrogen and oxygen atoms in total. The lowest BCUT2D eigenvalue weighted by molar-refractivity contribution is -0.380. The van der Waals surface area contributed by atoms with Gasteiger partial charge in [0, 0.05) is 19.2 Å². The fraction of sp³-hybridized carbons (Fsp3) is 0.400. The fourth-order valence-electron chi connectivity index (χ4n) is 3.22. The van der Waals surface area contributed by atoms with Crippen molar-refractivity contribution in [3.63, 3.8) is 0 Å². The van der Waals surface area contributed by atoms with E-state index in [1.54, 1.807) is 4.90 Å². The van der Waals surface area contributed by atoms with E-state index in [-0.39, 0.29) is 10.9 Å². The molecule has 2 heterocycles. The zero-order valence-electron chi connectivity index (χ0n) is 17.0. The summed E-state index contributed by atoms with van der Waals surface area (Å²) in [5, 5.41) is 11.6. The molecule has 0 radical (unpaired) electrons. The SMILES string of the molecule is CCN(CC)CCN(C(=O)c1ccc([N+](=O)[O-])s1)c1nc2cc(C)cc(C)c2s1. The van der Waals surface area contributed by atoms with E-state index in [1.807, 2.05) is 19.9 Å². The summed E-state index contributed by atoms with van der Waals surface area (Å²) in [4.78, 5) is 32.8. The number of benzene rings is 1. The van der Waals surface area contributed by atoms with Crippen molar-refractivity contribution >= 4 is 48.9 Å². The Balaban J connectivity index is 1.99. The van der Waals surface area contributed by atoms with E-state index in [4.69, 9.17) is 4.98 Å². The minimum Gasteiger partial charge on any atom is -0.302 e. The third kappa shape index (κ3) is 4.63. The van der Waals surface area contributed by atoms with Crippen molar-refractivity contribution in [1.82, 2.24) is 9.88 Å². The molecule has 3 rings (SSSR count). The number of hydrogen-bond acceptors (Lipinski definition) is 7. The number of aromatic nitrogens is 1. The molecule has 154 valence electrons. The second kappa shape index (κ2) is 8.98. The van der Waals surface area contributed by atoms with Crippen LogP contribution in [0.3, 0.4) is 0 Å². The summed E-state index contributed by atoms with van der Waals surface area (Å²) in [6.07, 6.45) is 0. The minimum atomic E-state index is -0.467. The Kier molecular flexibility index (Phi) is 6.61. The normalized spacial score (nSPS) is 11.3. The number of anilines is 1. The number of aryl methyl sites for hydroxylation is 2. The molecule has 0 N–H and O–H groups in total. The molecule has 1 aromatic carbocycles. The summed E-state index contributed by atoms with van der Waals surface area (Å²) in [5.41, 5.74) is 3.13. The highest BCUT2D eigenvalue weighted by Gasteiger charge is 2.25. The molecule has 1 amide bonds. The molecule has 9 heteroatoms. The number of nitrogens with zero attached hydrogens (tertiary/aromatic N) is 4. The molecule has 0 aliphatic carbocycles. The third-order valence-corrected chi connectivity index (χ3v) is 7.06. The number of thiophene rings is 1. The smallest absolute Gasteiger partial charge is 0.302 e. The zero-order valence-corrected chi connectivity index (χ0v) is 18.6. The Morgan fingerprint density at radius 1 is 1.14 bits per heavy atom. The zero-order chi connectivity index (χ0) is 21.1. The van der Waals surface area contributed by atoms with Crippen LogP contribution >= 0.6 is 22.7 Å². The van der Waals surface area contributed by atoms with Gasteiger partial charge in [0.25, 0.3) is 5.91 Å². The number of amides is 1. The highest BCUT2D eigenvalue weighted by Crippen LogP contribution is 2.34. The van der Waals surface area contributed by atoms with Crippen LogP contribution < -0.4 is 4.90 Å². The van der Waals surface area contributed by atoms with Crippen molar-refractivity contribution in [3.8, 4) is 0 Å². The van der Waals surface area contributed by atoms with Crippen molar-refractivity contribution in [2.24, 2.45) is 0 Å². The summed E-state index contributed by atoms with van der Waals surface area (Å²) in [5.74, 6) is -0.247. The molecule has 29 heavy (non-hydrogen) atoms. The number of rotatable bonds is 8. The molecule has 0 fully saturated rings. The fourth-order valence-corrected chi connectivity index (χ4v) is 5.03. The standard InChI is InChI=1S/C20H24N4O3S2/c1-5-22(6-2)9-10-23(19(25)16-7-8-17(28-16)24(26)27)20-21-15-12-13(3)11-14(4)18(15)29-20/h7-8,11-12H,5-6,9-10H2,1-4H3. The van der Waals surface area contributed by atoms with Crippen LogP contribution in [-0.2, 0) is 0 Å². The number of carbonyl (C=O) groups excluding carboxylic acids is 1. The first-order chi connectivity index (χ1) is 13.8. The summed E-state index contributed by atoms with van der Waals surface area (Å²) < 4.78 is 1.06. The van der Waals surface area contributed by atoms with E-state index in [1.165, 1.54) is 23.5 Å². The maximum absolute atomic E-state index is 13.3. The molecule has 0 bridgehead atoms. The van der Waals surface area contributed by atoms with Gasteiger partial charge in [-0.3, -0.25) is 19.8 Å². The monoisotopic (exact) mass is 432 g/mol. The second-order valence-electron chi connectivity index (χ2n) is 6.81. The second-order valence-corrected chi connectivity index (χ2v) is 8.84. The van der Waals surface area contributed by atoms with E-state index in [2.05, 4.69) is 24.8 Å². The Bertz CT molecular complexity index is 1040. The van der Waals surface area contributed by atoms with Gasteiger partial charge in [-0.15, -0.1) is 0 Å². The predicted molar refractivity (Wildman–Crippen MR) is 120 cm³/mol. The lowest BCUT2D eigenvalue weighted by Gasteiger charge is -2.24. The number of nitro groups is 1. The van der Waals surface area contributed by atoms with Gasteiger partial charge in [-0.25, -0.2) is 4.98 Å². The van der Waals surface area contributed by atoms with Crippen LogP contribution in [0.1, 0.15) is 34.6 Å². The van der Waals surface area contributed by atoms with Gasteiger partial charge in [-0.1, -0.05) is 42.6 Å². The average molecular weight is 433 g/mol. The first-order valence-electron chi connectivity index (χ1n) is 9.50. The topological polar surface area (TPSA) is 79.6 Å². The number of likely N-dealkylation sites (N-methyl/N-ethyl adjacent to an activating group) is 1. The van der Waals surface area contributed by atoms with E-state index in [0.717, 1.165) is 45.8 Å². The van der Waals surface area contributed by atoms with Crippen LogP contribution in [0, 0.1) is 24.0 Å². The first-order valence-corrected chi connectivity index (χ1v) is 11.1. The van der Waals surface area contributed by atoms with Crippen LogP contribution in [0.2, 0.25) is 0 Å². The van der Waals surface area contributed by atoms with Gasteiger partial charge in [0.05, 0.1) is 20.0 Å². The Labute approximate surface area is 177 Å². The first kappa shape index (κ1) is 21.4. The van der Waals surface area contributed by atoms with Crippen molar-refractivity contribution in [2.75, 3.05) is 31.1 Å². The minimum absolute atomic E-state index is 0.0344. The largest absolute Gasteiger partial charge is 0.324 e. The highest BCUT2D eigenvalue weighted by atomic mass is 32.1.